The summed E-state index contributed by atoms with van der Waals surface area (Å²) in [4.78, 5) is 73.2. The number of aromatic nitrogens is 3. The van der Waals surface area contributed by atoms with Gasteiger partial charge in [0.25, 0.3) is 11.8 Å². The van der Waals surface area contributed by atoms with Crippen molar-refractivity contribution in [2.45, 2.75) is 111 Å². The molecule has 19 heteroatoms. The number of halogens is 1. The summed E-state index contributed by atoms with van der Waals surface area (Å²) < 4.78 is 18.6. The molecule has 4 N–H and O–H groups in total. The predicted molar refractivity (Wildman–Crippen MR) is 280 cm³/mol. The fraction of sp³-hybridized carbons (Fsp3) is 0.418. The maximum atomic E-state index is 14.4. The average Bonchev–Trinajstić information content (AvgIpc) is 4.10. The molecule has 386 valence electrons. The highest BCUT2D eigenvalue weighted by molar-refractivity contribution is 7.13. The Bertz CT molecular complexity index is 3140. The fourth-order valence-corrected chi connectivity index (χ4v) is 11.7. The smallest absolute Gasteiger partial charge is 0.287 e. The third-order valence-corrected chi connectivity index (χ3v) is 15.8. The normalized spacial score (nSPS) is 20.9. The van der Waals surface area contributed by atoms with Gasteiger partial charge in [0.15, 0.2) is 5.76 Å². The number of carbonyl (C=O) groups excluding carboxylic acids is 4. The van der Waals surface area contributed by atoms with Crippen LogP contribution in [0, 0.1) is 34.5 Å². The van der Waals surface area contributed by atoms with Crippen molar-refractivity contribution in [3.8, 4) is 28.0 Å². The number of amides is 4. The van der Waals surface area contributed by atoms with E-state index in [9.17, 15) is 29.5 Å². The number of thiazole rings is 1. The first-order valence-corrected chi connectivity index (χ1v) is 25.8. The number of ether oxygens (including phenoxy) is 2. The topological polar surface area (TPSA) is 225 Å². The molecule has 1 saturated carbocycles. The molecule has 3 aromatic carbocycles. The zero-order chi connectivity index (χ0) is 53.0. The summed E-state index contributed by atoms with van der Waals surface area (Å²) in [6.45, 7) is 18.4. The first-order valence-electron chi connectivity index (χ1n) is 24.6. The summed E-state index contributed by atoms with van der Waals surface area (Å²) in [6.07, 6.45) is 1.72. The van der Waals surface area contributed by atoms with Gasteiger partial charge in [-0.1, -0.05) is 84.3 Å². The van der Waals surface area contributed by atoms with Crippen LogP contribution in [0.15, 0.2) is 89.1 Å². The summed E-state index contributed by atoms with van der Waals surface area (Å²) in [5, 5.41) is 30.0. The lowest BCUT2D eigenvalue weighted by molar-refractivity contribution is -0.164. The maximum absolute atomic E-state index is 14.4. The van der Waals surface area contributed by atoms with E-state index in [2.05, 4.69) is 37.0 Å². The zero-order valence-corrected chi connectivity index (χ0v) is 44.3. The van der Waals surface area contributed by atoms with Crippen molar-refractivity contribution in [2.24, 2.45) is 16.2 Å². The van der Waals surface area contributed by atoms with E-state index in [1.54, 1.807) is 53.8 Å². The number of furan rings is 1. The van der Waals surface area contributed by atoms with Gasteiger partial charge in [0.05, 0.1) is 57.5 Å². The number of nitrogens with zero attached hydrogens (tertiary/aromatic N) is 6. The van der Waals surface area contributed by atoms with E-state index in [0.29, 0.717) is 57.7 Å². The number of rotatable bonds is 14. The van der Waals surface area contributed by atoms with Crippen molar-refractivity contribution < 1.29 is 38.2 Å². The maximum Gasteiger partial charge on any atom is 0.287 e. The molecule has 2 aliphatic heterocycles. The number of hydrogen-bond acceptors (Lipinski definition) is 14. The highest BCUT2D eigenvalue weighted by Gasteiger charge is 2.64. The van der Waals surface area contributed by atoms with Crippen molar-refractivity contribution in [3.63, 3.8) is 0 Å². The molecule has 0 spiro atoms. The first-order chi connectivity index (χ1) is 35.0. The Morgan fingerprint density at radius 3 is 2.22 bits per heavy atom. The van der Waals surface area contributed by atoms with Crippen LogP contribution in [0.1, 0.15) is 106 Å². The number of nitriles is 1. The number of benzene rings is 3. The average molecular weight is 1040 g/mol. The van der Waals surface area contributed by atoms with Crippen LogP contribution in [0.2, 0.25) is 5.02 Å². The molecule has 0 bridgehead atoms. The first kappa shape index (κ1) is 51.8. The van der Waals surface area contributed by atoms with Gasteiger partial charge in [-0.15, -0.1) is 11.3 Å². The van der Waals surface area contributed by atoms with Gasteiger partial charge in [-0.2, -0.15) is 5.26 Å². The summed E-state index contributed by atoms with van der Waals surface area (Å²) >= 11 is 7.82. The number of fused-ring (bicyclic) bond motifs is 1. The molecule has 3 aliphatic rings. The van der Waals surface area contributed by atoms with Gasteiger partial charge in [-0.05, 0) is 60.7 Å². The molecule has 2 saturated heterocycles. The number of aryl methyl sites for hydroxylation is 1. The molecule has 3 aromatic heterocycles. The van der Waals surface area contributed by atoms with E-state index in [0.717, 1.165) is 21.7 Å². The number of likely N-dealkylation sites (tertiary alicyclic amines) is 1. The molecule has 9 rings (SSSR count). The fourth-order valence-electron chi connectivity index (χ4n) is 10.7. The second-order valence-corrected chi connectivity index (χ2v) is 23.1. The molecule has 4 atom stereocenters. The number of hydrogen-bond donors (Lipinski definition) is 4. The predicted octanol–water partition coefficient (Wildman–Crippen LogP) is 8.04. The van der Waals surface area contributed by atoms with E-state index < -0.39 is 52.2 Å². The molecule has 0 unspecified atom stereocenters. The second kappa shape index (κ2) is 20.0. The third-order valence-electron chi connectivity index (χ3n) is 14.5. The van der Waals surface area contributed by atoms with Crippen LogP contribution in [0.3, 0.4) is 0 Å². The molecule has 6 aromatic rings. The van der Waals surface area contributed by atoms with Crippen molar-refractivity contribution in [3.05, 3.63) is 118 Å². The van der Waals surface area contributed by atoms with Gasteiger partial charge in [0.2, 0.25) is 17.8 Å². The van der Waals surface area contributed by atoms with Crippen LogP contribution in [0.25, 0.3) is 21.4 Å². The molecule has 3 fully saturated rings. The molecule has 17 nitrogen and oxygen atoms in total. The number of anilines is 1. The Morgan fingerprint density at radius 1 is 0.905 bits per heavy atom. The van der Waals surface area contributed by atoms with Gasteiger partial charge in [0, 0.05) is 59.8 Å². The Hall–Kier alpha value is -7.07. The third kappa shape index (κ3) is 10.2. The summed E-state index contributed by atoms with van der Waals surface area (Å²) in [6, 6.07) is 19.2. The Morgan fingerprint density at radius 2 is 1.58 bits per heavy atom. The number of nitrogens with one attached hydrogen (secondary N) is 3. The van der Waals surface area contributed by atoms with E-state index in [4.69, 9.17) is 25.5 Å². The standard InChI is InChI=1S/C55H60ClN9O8S/c1-29(31-10-12-32(13-11-31)44-30(2)60-28-74-44)61-47(68)41-19-36(66)25-65(41)49(70)45(53(3,4)5)62-48(69)43-18-33-14-16-38(21-42(33)73-43)71-39-26-64(27-39)52-58-23-35(24-59-52)46(67)63-50-54(6,7)51(55(50,8)9)72-37-17-15-34(22-57)40(56)20-37/h10-18,20-21,23-24,28-29,36,39,41,45,50-51,66H,19,25-27H2,1-9H3,(H,61,68)(H,62,69)(H,63,67)/t29-,36+,41-,45+,50?,51?/m0/s1. The highest BCUT2D eigenvalue weighted by atomic mass is 35.5. The summed E-state index contributed by atoms with van der Waals surface area (Å²) in [5.74, 6) is -0.254. The van der Waals surface area contributed by atoms with Crippen LogP contribution in [-0.4, -0.2) is 105 Å². The van der Waals surface area contributed by atoms with Crippen molar-refractivity contribution in [2.75, 3.05) is 24.5 Å². The molecule has 1 aliphatic carbocycles. The van der Waals surface area contributed by atoms with Crippen LogP contribution in [-0.2, 0) is 9.59 Å². The SMILES string of the molecule is Cc1ncsc1-c1ccc([C@H](C)NC(=O)[C@@H]2C[C@@H](O)CN2C(=O)[C@@H](NC(=O)c2cc3ccc(OC4CN(c5ncc(C(=O)NC6C(C)(C)C(Oc7ccc(C#N)c(Cl)c7)C6(C)C)cn5)C4)cc3o2)C(C)(C)C)cc1. The largest absolute Gasteiger partial charge is 0.489 e. The van der Waals surface area contributed by atoms with Crippen molar-refractivity contribution >= 4 is 63.5 Å². The van der Waals surface area contributed by atoms with Gasteiger partial charge < -0.3 is 44.7 Å². The van der Waals surface area contributed by atoms with Crippen LogP contribution in [0.5, 0.6) is 11.5 Å². The Balaban J connectivity index is 0.771. The van der Waals surface area contributed by atoms with Crippen LogP contribution < -0.4 is 30.3 Å². The van der Waals surface area contributed by atoms with E-state index >= 15 is 0 Å². The molecule has 0 radical (unpaired) electrons. The van der Waals surface area contributed by atoms with Gasteiger partial charge >= 0.3 is 0 Å². The zero-order valence-electron chi connectivity index (χ0n) is 42.7. The molecule has 5 heterocycles. The number of aliphatic hydroxyl groups excluding tert-OH is 1. The van der Waals surface area contributed by atoms with Crippen molar-refractivity contribution in [1.82, 2.24) is 35.8 Å². The minimum atomic E-state index is -1.06. The number of β-amino-alcohol motifs (C(OH)–C–C–N with tert-alkyl or cyclic N) is 1. The Kier molecular flexibility index (Phi) is 14.0. The van der Waals surface area contributed by atoms with Crippen LogP contribution in [0.4, 0.5) is 5.95 Å². The minimum Gasteiger partial charge on any atom is -0.489 e. The lowest BCUT2D eigenvalue weighted by atomic mass is 9.49. The second-order valence-electron chi connectivity index (χ2n) is 21.8. The molecule has 4 amide bonds. The lowest BCUT2D eigenvalue weighted by Crippen LogP contribution is -2.74. The molecular formula is C55H60ClN9O8S. The quantitative estimate of drug-likeness (QED) is 0.0812. The number of carbonyl (C=O) groups is 4. The molecule has 74 heavy (non-hydrogen) atoms. The monoisotopic (exact) mass is 1040 g/mol. The minimum absolute atomic E-state index is 0.00634. The van der Waals surface area contributed by atoms with E-state index in [1.807, 2.05) is 97.0 Å². The van der Waals surface area contributed by atoms with Gasteiger partial charge in [-0.25, -0.2) is 15.0 Å². The highest BCUT2D eigenvalue weighted by Crippen LogP contribution is 2.55. The van der Waals surface area contributed by atoms with E-state index in [-0.39, 0.29) is 48.9 Å². The Labute approximate surface area is 438 Å². The lowest BCUT2D eigenvalue weighted by Gasteiger charge is -2.63. The molecular weight excluding hydrogens is 982 g/mol. The van der Waals surface area contributed by atoms with Crippen molar-refractivity contribution in [1.29, 1.82) is 5.26 Å². The summed E-state index contributed by atoms with van der Waals surface area (Å²) in [5.41, 5.74) is 4.13. The van der Waals surface area contributed by atoms with Crippen LogP contribution >= 0.6 is 22.9 Å². The summed E-state index contributed by atoms with van der Waals surface area (Å²) in [7, 11) is 0. The number of aliphatic hydroxyl groups is 1. The van der Waals surface area contributed by atoms with E-state index in [1.165, 1.54) is 17.3 Å². The van der Waals surface area contributed by atoms with Gasteiger partial charge in [0.1, 0.15) is 47.4 Å². The van der Waals surface area contributed by atoms with Gasteiger partial charge in [-0.3, -0.25) is 19.2 Å².